The predicted molar refractivity (Wildman–Crippen MR) is 100 cm³/mol. The maximum absolute atomic E-state index is 14.7. The zero-order chi connectivity index (χ0) is 23.0. The lowest BCUT2D eigenvalue weighted by molar-refractivity contribution is -0.151. The summed E-state index contributed by atoms with van der Waals surface area (Å²) in [6.07, 6.45) is -8.41. The van der Waals surface area contributed by atoms with E-state index < -0.39 is 47.4 Å². The summed E-state index contributed by atoms with van der Waals surface area (Å²) in [5, 5.41) is 3.56. The lowest BCUT2D eigenvalue weighted by atomic mass is 9.89. The van der Waals surface area contributed by atoms with Gasteiger partial charge < -0.3 is 9.58 Å². The molecule has 1 aromatic heterocycles. The number of aromatic nitrogens is 2. The highest BCUT2D eigenvalue weighted by molar-refractivity contribution is 5.89. The van der Waals surface area contributed by atoms with Crippen LogP contribution in [0.1, 0.15) is 60.1 Å². The van der Waals surface area contributed by atoms with Gasteiger partial charge in [0.05, 0.1) is 11.1 Å². The first kappa shape index (κ1) is 22.7. The van der Waals surface area contributed by atoms with E-state index in [0.29, 0.717) is 0 Å². The van der Waals surface area contributed by atoms with Crippen LogP contribution in [-0.4, -0.2) is 27.2 Å². The molecule has 31 heavy (non-hydrogen) atoms. The second-order valence-electron chi connectivity index (χ2n) is 8.02. The Morgan fingerprint density at radius 1 is 1.29 bits per heavy atom. The SMILES string of the molecule is [C-]#[N+]C(C)(C)CCn1nc(C(F)(F)F)c2c1CCC(F)(F)[C@H]2OC(=O)c1ccccc1. The van der Waals surface area contributed by atoms with E-state index >= 15 is 0 Å². The van der Waals surface area contributed by atoms with Gasteiger partial charge in [-0.25, -0.2) is 20.1 Å². The highest BCUT2D eigenvalue weighted by atomic mass is 19.4. The molecule has 166 valence electrons. The Kier molecular flexibility index (Phi) is 5.82. The summed E-state index contributed by atoms with van der Waals surface area (Å²) >= 11 is 0. The highest BCUT2D eigenvalue weighted by Crippen LogP contribution is 2.48. The lowest BCUT2D eigenvalue weighted by Crippen LogP contribution is -2.36. The van der Waals surface area contributed by atoms with Crippen LogP contribution in [0.2, 0.25) is 0 Å². The van der Waals surface area contributed by atoms with Gasteiger partial charge in [0.1, 0.15) is 0 Å². The van der Waals surface area contributed by atoms with E-state index in [9.17, 15) is 26.7 Å². The van der Waals surface area contributed by atoms with Crippen LogP contribution in [0.5, 0.6) is 0 Å². The first-order valence-electron chi connectivity index (χ1n) is 9.55. The highest BCUT2D eigenvalue weighted by Gasteiger charge is 2.54. The van der Waals surface area contributed by atoms with E-state index in [1.54, 1.807) is 19.9 Å². The van der Waals surface area contributed by atoms with Crippen LogP contribution in [0.25, 0.3) is 4.85 Å². The molecule has 0 amide bonds. The maximum Gasteiger partial charge on any atom is 0.435 e. The molecule has 1 heterocycles. The van der Waals surface area contributed by atoms with E-state index in [4.69, 9.17) is 11.3 Å². The van der Waals surface area contributed by atoms with Gasteiger partial charge in [0, 0.05) is 38.9 Å². The molecule has 2 aromatic rings. The van der Waals surface area contributed by atoms with Crippen molar-refractivity contribution in [2.24, 2.45) is 0 Å². The molecule has 0 spiro atoms. The predicted octanol–water partition coefficient (Wildman–Crippen LogP) is 5.47. The summed E-state index contributed by atoms with van der Waals surface area (Å²) in [6.45, 7) is 10.4. The number of aryl methyl sites for hydroxylation is 1. The number of ether oxygens (including phenoxy) is 1. The normalized spacial score (nSPS) is 18.2. The minimum absolute atomic E-state index is 0.0508. The van der Waals surface area contributed by atoms with Crippen molar-refractivity contribution >= 4 is 5.97 Å². The molecule has 0 unspecified atom stereocenters. The van der Waals surface area contributed by atoms with Crippen molar-refractivity contribution in [3.05, 3.63) is 64.3 Å². The van der Waals surface area contributed by atoms with E-state index in [1.807, 2.05) is 0 Å². The number of esters is 1. The average Bonchev–Trinajstić information content (AvgIpc) is 3.08. The number of nitrogens with zero attached hydrogens (tertiary/aromatic N) is 3. The molecule has 1 atom stereocenters. The van der Waals surface area contributed by atoms with Crippen LogP contribution in [0, 0.1) is 6.57 Å². The standard InChI is InChI=1S/C21H20F5N3O2/c1-19(2,27-3)11-12-29-14-9-10-20(22,23)17(15(14)16(28-29)21(24,25)26)31-18(30)13-7-5-4-6-8-13/h4-8,17H,9-12H2,1-2H3/t17-/m0/s1. The topological polar surface area (TPSA) is 48.5 Å². The molecule has 0 saturated carbocycles. The second-order valence-corrected chi connectivity index (χ2v) is 8.02. The van der Waals surface area contributed by atoms with Gasteiger partial charge >= 0.3 is 12.1 Å². The molecule has 0 saturated heterocycles. The van der Waals surface area contributed by atoms with Gasteiger partial charge in [-0.1, -0.05) is 18.2 Å². The number of fused-ring (bicyclic) bond motifs is 1. The fourth-order valence-electron chi connectivity index (χ4n) is 3.40. The van der Waals surface area contributed by atoms with Crippen LogP contribution in [-0.2, 0) is 23.9 Å². The first-order valence-corrected chi connectivity index (χ1v) is 9.55. The molecule has 0 bridgehead atoms. The van der Waals surface area contributed by atoms with Gasteiger partial charge in [0.25, 0.3) is 5.92 Å². The molecule has 0 N–H and O–H groups in total. The van der Waals surface area contributed by atoms with Gasteiger partial charge in [-0.3, -0.25) is 4.68 Å². The fraction of sp³-hybridized carbons (Fsp3) is 0.476. The van der Waals surface area contributed by atoms with Crippen LogP contribution in [0.15, 0.2) is 30.3 Å². The van der Waals surface area contributed by atoms with Crippen LogP contribution >= 0.6 is 0 Å². The molecule has 0 fully saturated rings. The number of halogens is 5. The quantitative estimate of drug-likeness (QED) is 0.351. The third kappa shape index (κ3) is 4.70. The number of hydrogen-bond donors (Lipinski definition) is 0. The van der Waals surface area contributed by atoms with Crippen molar-refractivity contribution < 1.29 is 31.5 Å². The summed E-state index contributed by atoms with van der Waals surface area (Å²) in [7, 11) is 0. The maximum atomic E-state index is 14.7. The van der Waals surface area contributed by atoms with E-state index in [2.05, 4.69) is 9.94 Å². The molecule has 1 aromatic carbocycles. The third-order valence-corrected chi connectivity index (χ3v) is 5.18. The lowest BCUT2D eigenvalue weighted by Gasteiger charge is -2.32. The van der Waals surface area contributed by atoms with E-state index in [1.165, 1.54) is 24.3 Å². The fourth-order valence-corrected chi connectivity index (χ4v) is 3.40. The Hall–Kier alpha value is -2.96. The summed E-state index contributed by atoms with van der Waals surface area (Å²) < 4.78 is 76.5. The van der Waals surface area contributed by atoms with Crippen LogP contribution in [0.4, 0.5) is 22.0 Å². The van der Waals surface area contributed by atoms with Crippen molar-refractivity contribution in [3.8, 4) is 0 Å². The van der Waals surface area contributed by atoms with Gasteiger partial charge in [-0.2, -0.15) is 18.3 Å². The summed E-state index contributed by atoms with van der Waals surface area (Å²) in [6, 6.07) is 7.22. The summed E-state index contributed by atoms with van der Waals surface area (Å²) in [5.74, 6) is -4.84. The Morgan fingerprint density at radius 3 is 2.52 bits per heavy atom. The van der Waals surface area contributed by atoms with Crippen LogP contribution in [0.3, 0.4) is 0 Å². The molecule has 10 heteroatoms. The zero-order valence-corrected chi connectivity index (χ0v) is 16.8. The van der Waals surface area contributed by atoms with Crippen molar-refractivity contribution in [1.82, 2.24) is 9.78 Å². The molecule has 5 nitrogen and oxygen atoms in total. The Balaban J connectivity index is 2.05. The van der Waals surface area contributed by atoms with Crippen molar-refractivity contribution in [1.29, 1.82) is 0 Å². The van der Waals surface area contributed by atoms with Gasteiger partial charge in [0.15, 0.2) is 11.8 Å². The molecule has 1 aliphatic carbocycles. The van der Waals surface area contributed by atoms with E-state index in [-0.39, 0.29) is 30.6 Å². The van der Waals surface area contributed by atoms with Gasteiger partial charge in [-0.15, -0.1) is 0 Å². The van der Waals surface area contributed by atoms with Crippen molar-refractivity contribution in [2.45, 2.75) is 63.4 Å². The van der Waals surface area contributed by atoms with Crippen molar-refractivity contribution in [3.63, 3.8) is 0 Å². The zero-order valence-electron chi connectivity index (χ0n) is 16.8. The number of carbonyl (C=O) groups is 1. The number of alkyl halides is 5. The monoisotopic (exact) mass is 441 g/mol. The first-order chi connectivity index (χ1) is 14.4. The van der Waals surface area contributed by atoms with Gasteiger partial charge in [0.2, 0.25) is 5.54 Å². The minimum atomic E-state index is -5.02. The van der Waals surface area contributed by atoms with Crippen LogP contribution < -0.4 is 0 Å². The Morgan fingerprint density at radius 2 is 1.94 bits per heavy atom. The Labute approximate surface area is 175 Å². The molecule has 0 radical (unpaired) electrons. The molecular weight excluding hydrogens is 421 g/mol. The molecule has 1 aliphatic rings. The molecule has 0 aliphatic heterocycles. The average molecular weight is 441 g/mol. The number of rotatable bonds is 5. The minimum Gasteiger partial charge on any atom is -0.447 e. The number of carbonyl (C=O) groups excluding carboxylic acids is 1. The Bertz CT molecular complexity index is 1010. The molecule has 3 rings (SSSR count). The smallest absolute Gasteiger partial charge is 0.435 e. The second kappa shape index (κ2) is 7.94. The molecular formula is C21H20F5N3O2. The van der Waals surface area contributed by atoms with E-state index in [0.717, 1.165) is 4.68 Å². The van der Waals surface area contributed by atoms with Gasteiger partial charge in [-0.05, 0) is 18.6 Å². The van der Waals surface area contributed by atoms with Crippen molar-refractivity contribution in [2.75, 3.05) is 0 Å². The largest absolute Gasteiger partial charge is 0.447 e. The third-order valence-electron chi connectivity index (χ3n) is 5.18. The summed E-state index contributed by atoms with van der Waals surface area (Å²) in [5.41, 5.74) is -3.26. The summed E-state index contributed by atoms with van der Waals surface area (Å²) in [4.78, 5) is 15.8. The number of benzene rings is 1. The number of hydrogen-bond acceptors (Lipinski definition) is 3.